The Morgan fingerprint density at radius 2 is 2.00 bits per heavy atom. The number of benzene rings is 1. The topological polar surface area (TPSA) is 9.23 Å². The predicted molar refractivity (Wildman–Crippen MR) is 70.8 cm³/mol. The molecule has 1 aliphatic carbocycles. The fraction of sp³-hybridized carbons (Fsp3) is 0.429. The first-order chi connectivity index (χ1) is 7.83. The zero-order chi connectivity index (χ0) is 11.4. The maximum Gasteiger partial charge on any atom is 0.0609 e. The summed E-state index contributed by atoms with van der Waals surface area (Å²) in [7, 11) is 1.80. The lowest BCUT2D eigenvalue weighted by atomic mass is 9.92. The molecule has 1 nitrogen and oxygen atoms in total. The van der Waals surface area contributed by atoms with Crippen LogP contribution in [-0.2, 0) is 4.74 Å². The fourth-order valence-corrected chi connectivity index (χ4v) is 2.50. The minimum absolute atomic E-state index is 0.425. The number of methoxy groups -OCH3 is 1. The Hall–Kier alpha value is -0.730. The minimum atomic E-state index is 0.425. The molecule has 0 aromatic heterocycles. The molecule has 0 fully saturated rings. The number of thioether (sulfide) groups is 1. The molecule has 0 saturated heterocycles. The van der Waals surface area contributed by atoms with Gasteiger partial charge in [0.1, 0.15) is 0 Å². The predicted octanol–water partition coefficient (Wildman–Crippen LogP) is 3.99. The van der Waals surface area contributed by atoms with Crippen molar-refractivity contribution >= 4 is 17.3 Å². The molecular weight excluding hydrogens is 216 g/mol. The van der Waals surface area contributed by atoms with Crippen LogP contribution in [0.4, 0.5) is 0 Å². The van der Waals surface area contributed by atoms with Gasteiger partial charge < -0.3 is 4.74 Å². The van der Waals surface area contributed by atoms with Crippen molar-refractivity contribution in [2.75, 3.05) is 13.4 Å². The van der Waals surface area contributed by atoms with Gasteiger partial charge in [-0.2, -0.15) is 0 Å². The average molecular weight is 234 g/mol. The molecule has 0 saturated carbocycles. The molecule has 0 amide bonds. The van der Waals surface area contributed by atoms with E-state index in [1.807, 2.05) is 0 Å². The number of hydrogen-bond donors (Lipinski definition) is 0. The molecule has 2 rings (SSSR count). The molecule has 2 heteroatoms. The highest BCUT2D eigenvalue weighted by molar-refractivity contribution is 7.98. The van der Waals surface area contributed by atoms with E-state index in [-0.39, 0.29) is 0 Å². The molecule has 0 heterocycles. The van der Waals surface area contributed by atoms with Gasteiger partial charge in [-0.3, -0.25) is 0 Å². The van der Waals surface area contributed by atoms with E-state index in [9.17, 15) is 0 Å². The highest BCUT2D eigenvalue weighted by Gasteiger charge is 2.14. The lowest BCUT2D eigenvalue weighted by molar-refractivity contribution is 0.0964. The van der Waals surface area contributed by atoms with Crippen molar-refractivity contribution in [3.63, 3.8) is 0 Å². The molecular formula is C14H18OS. The Kier molecular flexibility index (Phi) is 4.08. The van der Waals surface area contributed by atoms with Gasteiger partial charge in [0.05, 0.1) is 6.10 Å². The first-order valence-electron chi connectivity index (χ1n) is 5.69. The van der Waals surface area contributed by atoms with Crippen molar-refractivity contribution in [1.29, 1.82) is 0 Å². The van der Waals surface area contributed by atoms with E-state index in [0.717, 1.165) is 19.3 Å². The molecule has 0 spiro atoms. The Morgan fingerprint density at radius 3 is 2.50 bits per heavy atom. The maximum atomic E-state index is 5.36. The van der Waals surface area contributed by atoms with Crippen molar-refractivity contribution in [3.8, 4) is 0 Å². The van der Waals surface area contributed by atoms with Crippen molar-refractivity contribution < 1.29 is 4.74 Å². The Balaban J connectivity index is 2.10. The number of hydrogen-bond acceptors (Lipinski definition) is 2. The van der Waals surface area contributed by atoms with Gasteiger partial charge >= 0.3 is 0 Å². The Labute approximate surface area is 102 Å². The molecule has 1 unspecified atom stereocenters. The lowest BCUT2D eigenvalue weighted by Gasteiger charge is -2.20. The quantitative estimate of drug-likeness (QED) is 0.731. The summed E-state index contributed by atoms with van der Waals surface area (Å²) in [4.78, 5) is 1.33. The summed E-state index contributed by atoms with van der Waals surface area (Å²) in [6.45, 7) is 0. The normalized spacial score (nSPS) is 20.6. The summed E-state index contributed by atoms with van der Waals surface area (Å²) in [5.41, 5.74) is 2.84. The van der Waals surface area contributed by atoms with E-state index in [0.29, 0.717) is 6.10 Å². The fourth-order valence-electron chi connectivity index (χ4n) is 2.09. The summed E-state index contributed by atoms with van der Waals surface area (Å²) in [6, 6.07) is 8.85. The van der Waals surface area contributed by atoms with Crippen molar-refractivity contribution in [1.82, 2.24) is 0 Å². The maximum absolute atomic E-state index is 5.36. The molecule has 1 atom stereocenters. The van der Waals surface area contributed by atoms with Crippen LogP contribution < -0.4 is 0 Å². The van der Waals surface area contributed by atoms with Crippen LogP contribution in [0.5, 0.6) is 0 Å². The number of allylic oxidation sites excluding steroid dienone is 1. The monoisotopic (exact) mass is 234 g/mol. The van der Waals surface area contributed by atoms with Crippen LogP contribution in [0.1, 0.15) is 24.8 Å². The lowest BCUT2D eigenvalue weighted by Crippen LogP contribution is -2.13. The SMILES string of the molecule is COC1CC=C(c2ccc(SC)cc2)CC1. The second-order valence-electron chi connectivity index (χ2n) is 4.09. The van der Waals surface area contributed by atoms with Crippen LogP contribution in [0.2, 0.25) is 0 Å². The van der Waals surface area contributed by atoms with E-state index in [1.54, 1.807) is 18.9 Å². The van der Waals surface area contributed by atoms with Gasteiger partial charge in [-0.05, 0) is 48.8 Å². The molecule has 0 bridgehead atoms. The van der Waals surface area contributed by atoms with Gasteiger partial charge in [0.2, 0.25) is 0 Å². The van der Waals surface area contributed by atoms with Crippen LogP contribution in [0.25, 0.3) is 5.57 Å². The molecule has 1 aromatic rings. The Morgan fingerprint density at radius 1 is 1.25 bits per heavy atom. The highest BCUT2D eigenvalue weighted by Crippen LogP contribution is 2.29. The van der Waals surface area contributed by atoms with Gasteiger partial charge in [-0.1, -0.05) is 18.2 Å². The summed E-state index contributed by atoms with van der Waals surface area (Å²) in [6.07, 6.45) is 8.19. The van der Waals surface area contributed by atoms with Gasteiger partial charge in [0.15, 0.2) is 0 Å². The summed E-state index contributed by atoms with van der Waals surface area (Å²) in [5.74, 6) is 0. The number of rotatable bonds is 3. The second-order valence-corrected chi connectivity index (χ2v) is 4.97. The van der Waals surface area contributed by atoms with Crippen LogP contribution in [0.15, 0.2) is 35.2 Å². The zero-order valence-corrected chi connectivity index (χ0v) is 10.7. The molecule has 0 N–H and O–H groups in total. The van der Waals surface area contributed by atoms with E-state index in [4.69, 9.17) is 4.74 Å². The van der Waals surface area contributed by atoms with Crippen LogP contribution >= 0.6 is 11.8 Å². The smallest absolute Gasteiger partial charge is 0.0609 e. The number of ether oxygens (including phenoxy) is 1. The highest BCUT2D eigenvalue weighted by atomic mass is 32.2. The first-order valence-corrected chi connectivity index (χ1v) is 6.92. The molecule has 86 valence electrons. The van der Waals surface area contributed by atoms with E-state index in [1.165, 1.54) is 16.0 Å². The van der Waals surface area contributed by atoms with Gasteiger partial charge in [0.25, 0.3) is 0 Å². The van der Waals surface area contributed by atoms with Gasteiger partial charge in [0, 0.05) is 12.0 Å². The van der Waals surface area contributed by atoms with Gasteiger partial charge in [-0.25, -0.2) is 0 Å². The van der Waals surface area contributed by atoms with Crippen LogP contribution in [0, 0.1) is 0 Å². The van der Waals surface area contributed by atoms with Gasteiger partial charge in [-0.15, -0.1) is 11.8 Å². The van der Waals surface area contributed by atoms with Crippen molar-refractivity contribution in [2.24, 2.45) is 0 Å². The van der Waals surface area contributed by atoms with E-state index in [2.05, 4.69) is 36.6 Å². The largest absolute Gasteiger partial charge is 0.381 e. The molecule has 1 aliphatic rings. The zero-order valence-electron chi connectivity index (χ0n) is 9.90. The average Bonchev–Trinajstić information content (AvgIpc) is 2.39. The van der Waals surface area contributed by atoms with E-state index >= 15 is 0 Å². The van der Waals surface area contributed by atoms with Crippen LogP contribution in [0.3, 0.4) is 0 Å². The molecule has 1 aromatic carbocycles. The molecule has 0 aliphatic heterocycles. The Bertz CT molecular complexity index is 367. The second kappa shape index (κ2) is 5.55. The molecule has 16 heavy (non-hydrogen) atoms. The van der Waals surface area contributed by atoms with Crippen molar-refractivity contribution in [2.45, 2.75) is 30.3 Å². The third-order valence-corrected chi connectivity index (χ3v) is 3.90. The standard InChI is InChI=1S/C14H18OS/c1-15-13-7-3-11(4-8-13)12-5-9-14(16-2)10-6-12/h3,5-6,9-10,13H,4,7-8H2,1-2H3. The summed E-state index contributed by atoms with van der Waals surface area (Å²) in [5, 5.41) is 0. The molecule has 0 radical (unpaired) electrons. The summed E-state index contributed by atoms with van der Waals surface area (Å²) < 4.78 is 5.36. The first kappa shape index (κ1) is 11.7. The minimum Gasteiger partial charge on any atom is -0.381 e. The van der Waals surface area contributed by atoms with Crippen LogP contribution in [-0.4, -0.2) is 19.5 Å². The van der Waals surface area contributed by atoms with E-state index < -0.39 is 0 Å². The third kappa shape index (κ3) is 2.69. The summed E-state index contributed by atoms with van der Waals surface area (Å²) >= 11 is 1.79. The third-order valence-electron chi connectivity index (χ3n) is 3.16. The van der Waals surface area contributed by atoms with Crippen molar-refractivity contribution in [3.05, 3.63) is 35.9 Å².